The van der Waals surface area contributed by atoms with E-state index in [0.29, 0.717) is 31.5 Å². The zero-order valence-electron chi connectivity index (χ0n) is 17.2. The SMILES string of the molecule is CCOC(=O)n1cnc(CC(NC(=O)C2CCC(=O)N2)C(=O)N2CCCC2C(N)=O)c1. The molecule has 3 unspecified atom stereocenters. The highest BCUT2D eigenvalue weighted by Crippen LogP contribution is 2.19. The minimum absolute atomic E-state index is 0.0143. The quantitative estimate of drug-likeness (QED) is 0.478. The number of hydrogen-bond donors (Lipinski definition) is 3. The van der Waals surface area contributed by atoms with Gasteiger partial charge in [-0.3, -0.25) is 19.2 Å². The van der Waals surface area contributed by atoms with E-state index in [-0.39, 0.29) is 25.4 Å². The number of carbonyl (C=O) groups is 5. The van der Waals surface area contributed by atoms with Crippen LogP contribution in [0.15, 0.2) is 12.5 Å². The lowest BCUT2D eigenvalue weighted by Gasteiger charge is -2.28. The molecule has 12 heteroatoms. The van der Waals surface area contributed by atoms with Gasteiger partial charge in [0.25, 0.3) is 0 Å². The molecule has 3 atom stereocenters. The monoisotopic (exact) mass is 434 g/mol. The van der Waals surface area contributed by atoms with Gasteiger partial charge in [-0.25, -0.2) is 14.3 Å². The first-order valence-electron chi connectivity index (χ1n) is 10.2. The number of rotatable bonds is 7. The molecule has 0 bridgehead atoms. The molecule has 0 aliphatic carbocycles. The maximum absolute atomic E-state index is 13.2. The molecule has 2 aliphatic heterocycles. The first-order chi connectivity index (χ1) is 14.8. The van der Waals surface area contributed by atoms with Crippen LogP contribution >= 0.6 is 0 Å². The summed E-state index contributed by atoms with van der Waals surface area (Å²) < 4.78 is 6.05. The van der Waals surface area contributed by atoms with E-state index < -0.39 is 41.9 Å². The third kappa shape index (κ3) is 5.19. The first kappa shape index (κ1) is 22.2. The van der Waals surface area contributed by atoms with E-state index in [1.54, 1.807) is 6.92 Å². The summed E-state index contributed by atoms with van der Waals surface area (Å²) in [6.45, 7) is 2.21. The fourth-order valence-corrected chi connectivity index (χ4v) is 3.79. The Hall–Kier alpha value is -3.44. The molecule has 4 N–H and O–H groups in total. The molecule has 3 rings (SSSR count). The third-order valence-electron chi connectivity index (χ3n) is 5.32. The molecule has 0 radical (unpaired) electrons. The summed E-state index contributed by atoms with van der Waals surface area (Å²) in [4.78, 5) is 66.4. The van der Waals surface area contributed by atoms with Crippen LogP contribution in [0.2, 0.25) is 0 Å². The molecular weight excluding hydrogens is 408 g/mol. The fourth-order valence-electron chi connectivity index (χ4n) is 3.79. The van der Waals surface area contributed by atoms with Crippen molar-refractivity contribution in [2.24, 2.45) is 5.73 Å². The van der Waals surface area contributed by atoms with Crippen molar-refractivity contribution in [1.82, 2.24) is 25.1 Å². The number of imidazole rings is 1. The average molecular weight is 434 g/mol. The van der Waals surface area contributed by atoms with Gasteiger partial charge in [0.15, 0.2) is 0 Å². The Morgan fingerprint density at radius 3 is 2.77 bits per heavy atom. The lowest BCUT2D eigenvalue weighted by Crippen LogP contribution is -2.56. The van der Waals surface area contributed by atoms with Crippen molar-refractivity contribution < 1.29 is 28.7 Å². The highest BCUT2D eigenvalue weighted by atomic mass is 16.5. The number of likely N-dealkylation sites (tertiary alicyclic amines) is 1. The number of primary amides is 1. The number of carbonyl (C=O) groups excluding carboxylic acids is 5. The van der Waals surface area contributed by atoms with Crippen molar-refractivity contribution in [2.45, 2.75) is 57.2 Å². The molecule has 0 saturated carbocycles. The Labute approximate surface area is 178 Å². The Morgan fingerprint density at radius 1 is 1.35 bits per heavy atom. The van der Waals surface area contributed by atoms with E-state index in [0.717, 1.165) is 4.57 Å². The number of nitrogens with two attached hydrogens (primary N) is 1. The van der Waals surface area contributed by atoms with Gasteiger partial charge >= 0.3 is 6.09 Å². The number of nitrogens with one attached hydrogen (secondary N) is 2. The second-order valence-corrected chi connectivity index (χ2v) is 7.49. The summed E-state index contributed by atoms with van der Waals surface area (Å²) in [5.74, 6) is -1.80. The molecule has 3 heterocycles. The Morgan fingerprint density at radius 2 is 2.13 bits per heavy atom. The van der Waals surface area contributed by atoms with E-state index in [4.69, 9.17) is 10.5 Å². The van der Waals surface area contributed by atoms with Gasteiger partial charge in [0.2, 0.25) is 23.6 Å². The molecular formula is C19H26N6O6. The summed E-state index contributed by atoms with van der Waals surface area (Å²) in [7, 11) is 0. The summed E-state index contributed by atoms with van der Waals surface area (Å²) in [5.41, 5.74) is 5.80. The molecule has 31 heavy (non-hydrogen) atoms. The molecule has 0 aromatic carbocycles. The summed E-state index contributed by atoms with van der Waals surface area (Å²) in [5, 5.41) is 5.23. The maximum Gasteiger partial charge on any atom is 0.419 e. The van der Waals surface area contributed by atoms with Gasteiger partial charge in [-0.15, -0.1) is 0 Å². The number of ether oxygens (including phenoxy) is 1. The molecule has 2 aliphatic rings. The zero-order chi connectivity index (χ0) is 22.5. The molecule has 1 aromatic rings. The van der Waals surface area contributed by atoms with Gasteiger partial charge in [-0.1, -0.05) is 0 Å². The lowest BCUT2D eigenvalue weighted by atomic mass is 10.1. The van der Waals surface area contributed by atoms with Crippen molar-refractivity contribution in [2.75, 3.05) is 13.2 Å². The van der Waals surface area contributed by atoms with Crippen LogP contribution in [0.25, 0.3) is 0 Å². The summed E-state index contributed by atoms with van der Waals surface area (Å²) in [6, 6.07) is -2.52. The number of hydrogen-bond acceptors (Lipinski definition) is 7. The minimum Gasteiger partial charge on any atom is -0.449 e. The standard InChI is InChI=1S/C19H26N6O6/c1-2-31-19(30)24-9-11(21-10-24)8-13(23-17(28)12-5-6-15(26)22-12)18(29)25-7-3-4-14(25)16(20)27/h9-10,12-14H,2-8H2,1H3,(H2,20,27)(H,22,26)(H,23,28). The largest absolute Gasteiger partial charge is 0.449 e. The van der Waals surface area contributed by atoms with Crippen molar-refractivity contribution in [1.29, 1.82) is 0 Å². The highest BCUT2D eigenvalue weighted by Gasteiger charge is 2.38. The van der Waals surface area contributed by atoms with Crippen molar-refractivity contribution in [3.63, 3.8) is 0 Å². The van der Waals surface area contributed by atoms with Gasteiger partial charge in [-0.05, 0) is 26.2 Å². The van der Waals surface area contributed by atoms with Gasteiger partial charge in [0.05, 0.1) is 12.3 Å². The van der Waals surface area contributed by atoms with E-state index in [2.05, 4.69) is 15.6 Å². The first-order valence-corrected chi connectivity index (χ1v) is 10.2. The Bertz CT molecular complexity index is 883. The van der Waals surface area contributed by atoms with Crippen LogP contribution < -0.4 is 16.4 Å². The summed E-state index contributed by atoms with van der Waals surface area (Å²) in [6.07, 6.45) is 3.68. The van der Waals surface area contributed by atoms with E-state index in [1.165, 1.54) is 17.4 Å². The minimum atomic E-state index is -1.05. The normalized spacial score (nSPS) is 21.5. The number of aromatic nitrogens is 2. The second kappa shape index (κ2) is 9.58. The van der Waals surface area contributed by atoms with E-state index in [9.17, 15) is 24.0 Å². The number of amides is 4. The van der Waals surface area contributed by atoms with Crippen LogP contribution in [-0.4, -0.2) is 75.5 Å². The second-order valence-electron chi connectivity index (χ2n) is 7.49. The molecule has 2 fully saturated rings. The lowest BCUT2D eigenvalue weighted by molar-refractivity contribution is -0.140. The Kier molecular flexibility index (Phi) is 6.88. The van der Waals surface area contributed by atoms with Crippen LogP contribution in [0.5, 0.6) is 0 Å². The molecule has 1 aromatic heterocycles. The zero-order valence-corrected chi connectivity index (χ0v) is 17.2. The molecule has 2 saturated heterocycles. The molecule has 168 valence electrons. The fraction of sp³-hybridized carbons (Fsp3) is 0.579. The van der Waals surface area contributed by atoms with Gasteiger partial charge < -0.3 is 26.0 Å². The van der Waals surface area contributed by atoms with Crippen molar-refractivity contribution >= 4 is 29.7 Å². The van der Waals surface area contributed by atoms with Crippen LogP contribution in [0.1, 0.15) is 38.3 Å². The predicted molar refractivity (Wildman–Crippen MR) is 105 cm³/mol. The molecule has 4 amide bonds. The number of nitrogens with zero attached hydrogens (tertiary/aromatic N) is 3. The van der Waals surface area contributed by atoms with Gasteiger partial charge in [-0.2, -0.15) is 0 Å². The average Bonchev–Trinajstić information content (AvgIpc) is 3.47. The molecule has 12 nitrogen and oxygen atoms in total. The third-order valence-corrected chi connectivity index (χ3v) is 5.32. The van der Waals surface area contributed by atoms with Gasteiger partial charge in [0, 0.05) is 25.6 Å². The van der Waals surface area contributed by atoms with Gasteiger partial charge in [0.1, 0.15) is 24.5 Å². The van der Waals surface area contributed by atoms with Crippen LogP contribution in [-0.2, 0) is 30.3 Å². The Balaban J connectivity index is 1.77. The highest BCUT2D eigenvalue weighted by molar-refractivity contribution is 5.95. The maximum atomic E-state index is 13.2. The van der Waals surface area contributed by atoms with Crippen LogP contribution in [0.4, 0.5) is 4.79 Å². The van der Waals surface area contributed by atoms with Crippen LogP contribution in [0.3, 0.4) is 0 Å². The summed E-state index contributed by atoms with van der Waals surface area (Å²) >= 11 is 0. The predicted octanol–water partition coefficient (Wildman–Crippen LogP) is -1.33. The van der Waals surface area contributed by atoms with E-state index in [1.807, 2.05) is 0 Å². The topological polar surface area (TPSA) is 166 Å². The van der Waals surface area contributed by atoms with Crippen LogP contribution in [0, 0.1) is 0 Å². The van der Waals surface area contributed by atoms with Crippen molar-refractivity contribution in [3.05, 3.63) is 18.2 Å². The molecule has 0 spiro atoms. The smallest absolute Gasteiger partial charge is 0.419 e. The van der Waals surface area contributed by atoms with E-state index >= 15 is 0 Å². The van der Waals surface area contributed by atoms with Crippen molar-refractivity contribution in [3.8, 4) is 0 Å².